The lowest BCUT2D eigenvalue weighted by Gasteiger charge is -2.16. The van der Waals surface area contributed by atoms with E-state index in [1.807, 2.05) is 0 Å². The van der Waals surface area contributed by atoms with Crippen LogP contribution in [0.25, 0.3) is 5.69 Å². The lowest BCUT2D eigenvalue weighted by Crippen LogP contribution is -2.37. The average molecular weight is 395 g/mol. The quantitative estimate of drug-likeness (QED) is 0.579. The molecule has 1 heterocycles. The van der Waals surface area contributed by atoms with Gasteiger partial charge >= 0.3 is 0 Å². The van der Waals surface area contributed by atoms with Gasteiger partial charge in [-0.15, -0.1) is 12.4 Å². The van der Waals surface area contributed by atoms with E-state index in [0.29, 0.717) is 29.5 Å². The highest BCUT2D eigenvalue weighted by molar-refractivity contribution is 5.95. The van der Waals surface area contributed by atoms with E-state index in [0.717, 1.165) is 6.54 Å². The Balaban J connectivity index is 0.00000261. The van der Waals surface area contributed by atoms with Gasteiger partial charge in [0.2, 0.25) is 0 Å². The third-order valence-corrected chi connectivity index (χ3v) is 5.03. The van der Waals surface area contributed by atoms with Crippen LogP contribution in [-0.2, 0) is 0 Å². The highest BCUT2D eigenvalue weighted by Crippen LogP contribution is 2.18. The van der Waals surface area contributed by atoms with Gasteiger partial charge in [-0.05, 0) is 31.9 Å². The van der Waals surface area contributed by atoms with E-state index in [-0.39, 0.29) is 24.1 Å². The second-order valence-electron chi connectivity index (χ2n) is 6.91. The van der Waals surface area contributed by atoms with Crippen molar-refractivity contribution in [3.8, 4) is 5.69 Å². The van der Waals surface area contributed by atoms with Crippen LogP contribution in [0.2, 0.25) is 0 Å². The molecule has 7 heteroatoms. The minimum atomic E-state index is -0.363. The Kier molecular flexibility index (Phi) is 8.25. The fourth-order valence-corrected chi connectivity index (χ4v) is 3.53. The second kappa shape index (κ2) is 10.4. The largest absolute Gasteiger partial charge is 0.351 e. The number of amides is 1. The second-order valence-corrected chi connectivity index (χ2v) is 6.91. The number of nitrogens with one attached hydrogen (secondary N) is 2. The lowest BCUT2D eigenvalue weighted by atomic mass is 10.1. The Bertz CT molecular complexity index is 741. The fourth-order valence-electron chi connectivity index (χ4n) is 3.53. The van der Waals surface area contributed by atoms with Crippen molar-refractivity contribution in [1.29, 1.82) is 0 Å². The fraction of sp³-hybridized carbons (Fsp3) is 0.500. The van der Waals surface area contributed by atoms with Gasteiger partial charge in [0.1, 0.15) is 11.5 Å². The van der Waals surface area contributed by atoms with Crippen LogP contribution < -0.4 is 10.6 Å². The topological polar surface area (TPSA) is 59.0 Å². The molecule has 1 aromatic heterocycles. The van der Waals surface area contributed by atoms with Gasteiger partial charge in [-0.1, -0.05) is 37.8 Å². The number of carbonyl (C=O) groups is 1. The summed E-state index contributed by atoms with van der Waals surface area (Å²) in [7, 11) is 0. The number of aromatic nitrogens is 2. The number of benzene rings is 1. The Morgan fingerprint density at radius 2 is 1.89 bits per heavy atom. The average Bonchev–Trinajstić information content (AvgIpc) is 2.84. The van der Waals surface area contributed by atoms with Gasteiger partial charge in [0.15, 0.2) is 0 Å². The van der Waals surface area contributed by atoms with Gasteiger partial charge in [0.25, 0.3) is 5.91 Å². The van der Waals surface area contributed by atoms with Crippen LogP contribution in [0.3, 0.4) is 0 Å². The molecule has 0 saturated heterocycles. The highest BCUT2D eigenvalue weighted by Gasteiger charge is 2.17. The van der Waals surface area contributed by atoms with Crippen LogP contribution in [0, 0.1) is 12.7 Å². The highest BCUT2D eigenvalue weighted by atomic mass is 35.5. The van der Waals surface area contributed by atoms with Gasteiger partial charge in [-0.25, -0.2) is 9.07 Å². The van der Waals surface area contributed by atoms with Gasteiger partial charge in [0, 0.05) is 19.1 Å². The molecule has 148 valence electrons. The maximum atomic E-state index is 14.0. The van der Waals surface area contributed by atoms with Crippen LogP contribution in [0.5, 0.6) is 0 Å². The zero-order valence-corrected chi connectivity index (χ0v) is 16.5. The van der Waals surface area contributed by atoms with E-state index in [1.54, 1.807) is 25.1 Å². The van der Waals surface area contributed by atoms with Gasteiger partial charge < -0.3 is 10.6 Å². The van der Waals surface area contributed by atoms with E-state index in [9.17, 15) is 9.18 Å². The number of carbonyl (C=O) groups excluding carboxylic acids is 1. The summed E-state index contributed by atoms with van der Waals surface area (Å²) in [5, 5.41) is 10.6. The third-order valence-electron chi connectivity index (χ3n) is 5.03. The standard InChI is InChI=1S/C20H27FN4O.ClH/c1-15-17(14-24-25(15)19-11-7-6-10-18(19)21)20(26)23-13-12-22-16-8-4-2-3-5-9-16;/h6-7,10-11,14,16,22H,2-5,8-9,12-13H2,1H3,(H,23,26);1H. The number of rotatable bonds is 6. The van der Waals surface area contributed by atoms with Crippen molar-refractivity contribution in [2.45, 2.75) is 51.5 Å². The summed E-state index contributed by atoms with van der Waals surface area (Å²) in [6.07, 6.45) is 9.19. The summed E-state index contributed by atoms with van der Waals surface area (Å²) in [5.74, 6) is -0.536. The summed E-state index contributed by atoms with van der Waals surface area (Å²) < 4.78 is 15.4. The van der Waals surface area contributed by atoms with Crippen LogP contribution in [-0.4, -0.2) is 34.8 Å². The zero-order valence-electron chi connectivity index (χ0n) is 15.7. The molecule has 0 aliphatic heterocycles. The Hall–Kier alpha value is -1.92. The van der Waals surface area contributed by atoms with Crippen molar-refractivity contribution in [3.05, 3.63) is 47.5 Å². The third kappa shape index (κ3) is 5.53. The summed E-state index contributed by atoms with van der Waals surface area (Å²) >= 11 is 0. The van der Waals surface area contributed by atoms with Gasteiger partial charge in [-0.2, -0.15) is 5.10 Å². The molecule has 2 N–H and O–H groups in total. The molecule has 0 bridgehead atoms. The van der Waals surface area contributed by atoms with Crippen LogP contribution >= 0.6 is 12.4 Å². The first-order valence-electron chi connectivity index (χ1n) is 9.48. The molecular weight excluding hydrogens is 367 g/mol. The molecule has 3 rings (SSSR count). The minimum Gasteiger partial charge on any atom is -0.351 e. The first-order chi connectivity index (χ1) is 12.7. The van der Waals surface area contributed by atoms with Gasteiger partial charge in [-0.3, -0.25) is 4.79 Å². The first kappa shape index (κ1) is 21.4. The number of hydrogen-bond acceptors (Lipinski definition) is 3. The van der Waals surface area contributed by atoms with Crippen molar-refractivity contribution in [3.63, 3.8) is 0 Å². The molecule has 1 aliphatic rings. The Morgan fingerprint density at radius 1 is 1.19 bits per heavy atom. The zero-order chi connectivity index (χ0) is 18.4. The molecule has 0 atom stereocenters. The van der Waals surface area contributed by atoms with E-state index < -0.39 is 0 Å². The summed E-state index contributed by atoms with van der Waals surface area (Å²) in [6, 6.07) is 6.98. The molecule has 1 amide bonds. The molecule has 0 radical (unpaired) electrons. The monoisotopic (exact) mass is 394 g/mol. The number of para-hydroxylation sites is 1. The molecule has 5 nitrogen and oxygen atoms in total. The van der Waals surface area contributed by atoms with E-state index in [1.165, 1.54) is 55.5 Å². The van der Waals surface area contributed by atoms with E-state index in [2.05, 4.69) is 15.7 Å². The predicted molar refractivity (Wildman–Crippen MR) is 107 cm³/mol. The first-order valence-corrected chi connectivity index (χ1v) is 9.48. The maximum absolute atomic E-state index is 14.0. The van der Waals surface area contributed by atoms with Crippen molar-refractivity contribution in [2.24, 2.45) is 0 Å². The van der Waals surface area contributed by atoms with E-state index in [4.69, 9.17) is 0 Å². The number of halogens is 2. The Labute approximate surface area is 166 Å². The molecule has 1 fully saturated rings. The SMILES string of the molecule is Cc1c(C(=O)NCCNC2CCCCCC2)cnn1-c1ccccc1F.Cl. The van der Waals surface area contributed by atoms with Crippen LogP contribution in [0.4, 0.5) is 4.39 Å². The van der Waals surface area contributed by atoms with Crippen molar-refractivity contribution < 1.29 is 9.18 Å². The maximum Gasteiger partial charge on any atom is 0.254 e. The van der Waals surface area contributed by atoms with Crippen LogP contribution in [0.1, 0.15) is 54.6 Å². The lowest BCUT2D eigenvalue weighted by molar-refractivity contribution is 0.0953. The molecule has 1 aliphatic carbocycles. The van der Waals surface area contributed by atoms with Crippen molar-refractivity contribution >= 4 is 18.3 Å². The smallest absolute Gasteiger partial charge is 0.254 e. The van der Waals surface area contributed by atoms with Crippen molar-refractivity contribution in [2.75, 3.05) is 13.1 Å². The van der Waals surface area contributed by atoms with E-state index >= 15 is 0 Å². The van der Waals surface area contributed by atoms with Gasteiger partial charge in [0.05, 0.1) is 17.5 Å². The normalized spacial score (nSPS) is 15.0. The molecule has 2 aromatic rings. The molecule has 0 unspecified atom stereocenters. The molecule has 1 aromatic carbocycles. The van der Waals surface area contributed by atoms with Crippen molar-refractivity contribution in [1.82, 2.24) is 20.4 Å². The summed E-state index contributed by atoms with van der Waals surface area (Å²) in [4.78, 5) is 12.4. The molecule has 27 heavy (non-hydrogen) atoms. The summed E-state index contributed by atoms with van der Waals surface area (Å²) in [5.41, 5.74) is 1.45. The predicted octanol–water partition coefficient (Wildman–Crippen LogP) is 3.78. The summed E-state index contributed by atoms with van der Waals surface area (Å²) in [6.45, 7) is 3.11. The molecular formula is C20H28ClFN4O. The molecule has 0 spiro atoms. The Morgan fingerprint density at radius 3 is 2.59 bits per heavy atom. The number of hydrogen-bond donors (Lipinski definition) is 2. The molecule has 1 saturated carbocycles. The minimum absolute atomic E-state index is 0. The number of nitrogens with zero attached hydrogens (tertiary/aromatic N) is 2. The van der Waals surface area contributed by atoms with Crippen LogP contribution in [0.15, 0.2) is 30.5 Å².